The number of nitrogens with zero attached hydrogens (tertiary/aromatic N) is 3. The minimum Gasteiger partial charge on any atom is -0.370 e. The van der Waals surface area contributed by atoms with Crippen LogP contribution in [0.1, 0.15) is 30.9 Å². The van der Waals surface area contributed by atoms with E-state index in [2.05, 4.69) is 49.8 Å². The van der Waals surface area contributed by atoms with Crippen LogP contribution in [0.2, 0.25) is 0 Å². The van der Waals surface area contributed by atoms with Crippen molar-refractivity contribution in [1.82, 2.24) is 9.97 Å². The summed E-state index contributed by atoms with van der Waals surface area (Å²) >= 11 is 0. The van der Waals surface area contributed by atoms with Crippen molar-refractivity contribution in [3.8, 4) is 0 Å². The van der Waals surface area contributed by atoms with Crippen LogP contribution in [0.5, 0.6) is 0 Å². The number of nitrogens with two attached hydrogens (primary N) is 1. The van der Waals surface area contributed by atoms with E-state index >= 15 is 0 Å². The van der Waals surface area contributed by atoms with Gasteiger partial charge in [-0.15, -0.1) is 0 Å². The highest BCUT2D eigenvalue weighted by Gasteiger charge is 2.26. The van der Waals surface area contributed by atoms with Gasteiger partial charge in [0.1, 0.15) is 5.69 Å². The normalized spacial score (nSPS) is 20.3. The van der Waals surface area contributed by atoms with Crippen LogP contribution in [-0.2, 0) is 0 Å². The minimum atomic E-state index is 0.208. The zero-order chi connectivity index (χ0) is 15.6. The lowest BCUT2D eigenvalue weighted by Crippen LogP contribution is -2.34. The van der Waals surface area contributed by atoms with E-state index in [1.165, 1.54) is 24.8 Å². The molecule has 1 aromatic heterocycles. The molecule has 2 aliphatic heterocycles. The number of hydrogen-bond acceptors (Lipinski definition) is 6. The highest BCUT2D eigenvalue weighted by atomic mass is 15.3. The highest BCUT2D eigenvalue weighted by Crippen LogP contribution is 2.38. The second-order valence-corrected chi connectivity index (χ2v) is 6.17. The van der Waals surface area contributed by atoms with Crippen LogP contribution in [0.4, 0.5) is 23.3 Å². The van der Waals surface area contributed by atoms with Crippen molar-refractivity contribution in [3.63, 3.8) is 0 Å². The first-order valence-electron chi connectivity index (χ1n) is 8.29. The summed E-state index contributed by atoms with van der Waals surface area (Å²) in [7, 11) is 0. The monoisotopic (exact) mass is 310 g/mol. The molecule has 0 spiro atoms. The van der Waals surface area contributed by atoms with Crippen molar-refractivity contribution >= 4 is 23.3 Å². The lowest BCUT2D eigenvalue weighted by Gasteiger charge is -2.34. The summed E-state index contributed by atoms with van der Waals surface area (Å²) in [6.07, 6.45) is 3.69. The Bertz CT molecular complexity index is 681. The van der Waals surface area contributed by atoms with Crippen molar-refractivity contribution < 1.29 is 0 Å². The summed E-state index contributed by atoms with van der Waals surface area (Å²) in [5, 5.41) is 7.03. The molecule has 6 nitrogen and oxygen atoms in total. The van der Waals surface area contributed by atoms with E-state index in [1.54, 1.807) is 0 Å². The number of nitrogens with one attached hydrogen (secondary N) is 2. The lowest BCUT2D eigenvalue weighted by atomic mass is 10.0. The quantitative estimate of drug-likeness (QED) is 0.791. The fraction of sp³-hybridized carbons (Fsp3) is 0.412. The van der Waals surface area contributed by atoms with Gasteiger partial charge < -0.3 is 21.3 Å². The summed E-state index contributed by atoms with van der Waals surface area (Å²) in [4.78, 5) is 11.2. The van der Waals surface area contributed by atoms with Crippen LogP contribution in [0, 0.1) is 0 Å². The molecule has 2 aliphatic rings. The summed E-state index contributed by atoms with van der Waals surface area (Å²) in [6, 6.07) is 10.7. The summed E-state index contributed by atoms with van der Waals surface area (Å²) < 4.78 is 0. The van der Waals surface area contributed by atoms with Crippen molar-refractivity contribution in [2.45, 2.75) is 25.3 Å². The first kappa shape index (κ1) is 14.1. The third-order valence-electron chi connectivity index (χ3n) is 4.56. The van der Waals surface area contributed by atoms with Gasteiger partial charge in [-0.1, -0.05) is 30.3 Å². The van der Waals surface area contributed by atoms with Crippen molar-refractivity contribution in [2.75, 3.05) is 40.9 Å². The maximum Gasteiger partial charge on any atom is 0.224 e. The summed E-state index contributed by atoms with van der Waals surface area (Å²) in [5.74, 6) is 2.07. The molecule has 23 heavy (non-hydrogen) atoms. The molecule has 3 heterocycles. The van der Waals surface area contributed by atoms with Crippen molar-refractivity contribution in [1.29, 1.82) is 0 Å². The molecule has 0 unspecified atom stereocenters. The standard InChI is InChI=1S/C17H22N6/c18-17-21-15-14(16(22-17)23-9-5-2-6-10-23)20-13(11-19-15)12-7-3-1-4-8-12/h1,3-4,7-8,13,20H,2,5-6,9-11H2,(H3,18,19,21,22)/t13-/m0/s1. The lowest BCUT2D eigenvalue weighted by molar-refractivity contribution is 0.573. The fourth-order valence-corrected chi connectivity index (χ4v) is 3.37. The van der Waals surface area contributed by atoms with E-state index in [0.717, 1.165) is 37.0 Å². The van der Waals surface area contributed by atoms with E-state index in [9.17, 15) is 0 Å². The predicted octanol–water partition coefficient (Wildman–Crippen LogP) is 2.63. The maximum absolute atomic E-state index is 5.92. The van der Waals surface area contributed by atoms with Gasteiger partial charge in [0.05, 0.1) is 6.04 Å². The number of anilines is 4. The van der Waals surface area contributed by atoms with E-state index in [4.69, 9.17) is 5.73 Å². The molecular weight excluding hydrogens is 288 g/mol. The largest absolute Gasteiger partial charge is 0.370 e. The van der Waals surface area contributed by atoms with Gasteiger partial charge >= 0.3 is 0 Å². The molecule has 4 N–H and O–H groups in total. The van der Waals surface area contributed by atoms with Crippen LogP contribution in [-0.4, -0.2) is 29.6 Å². The Labute approximate surface area is 136 Å². The number of aromatic nitrogens is 2. The zero-order valence-electron chi connectivity index (χ0n) is 13.1. The molecule has 1 saturated heterocycles. The predicted molar refractivity (Wildman–Crippen MR) is 93.8 cm³/mol. The maximum atomic E-state index is 5.92. The molecule has 4 rings (SSSR count). The second kappa shape index (κ2) is 5.95. The molecule has 1 aromatic carbocycles. The summed E-state index contributed by atoms with van der Waals surface area (Å²) in [6.45, 7) is 2.84. The molecule has 2 aromatic rings. The number of piperidine rings is 1. The Morgan fingerprint density at radius 1 is 1.04 bits per heavy atom. The highest BCUT2D eigenvalue weighted by molar-refractivity contribution is 5.81. The molecule has 6 heteroatoms. The molecule has 0 aliphatic carbocycles. The van der Waals surface area contributed by atoms with Gasteiger partial charge in [0, 0.05) is 19.6 Å². The average Bonchev–Trinajstić information content (AvgIpc) is 2.62. The topological polar surface area (TPSA) is 79.1 Å². The molecule has 0 amide bonds. The van der Waals surface area contributed by atoms with Gasteiger partial charge in [-0.05, 0) is 24.8 Å². The average molecular weight is 310 g/mol. The van der Waals surface area contributed by atoms with E-state index in [0.29, 0.717) is 5.95 Å². The molecule has 0 saturated carbocycles. The third-order valence-corrected chi connectivity index (χ3v) is 4.56. The fourth-order valence-electron chi connectivity index (χ4n) is 3.37. The number of rotatable bonds is 2. The SMILES string of the molecule is Nc1nc2c(c(N3CCCCC3)n1)N[C@H](c1ccccc1)CN2. The molecule has 0 radical (unpaired) electrons. The number of benzene rings is 1. The Kier molecular flexibility index (Phi) is 3.65. The van der Waals surface area contributed by atoms with Gasteiger partial charge in [-0.2, -0.15) is 9.97 Å². The molecular formula is C17H22N6. The Balaban J connectivity index is 1.68. The van der Waals surface area contributed by atoms with Crippen LogP contribution in [0.15, 0.2) is 30.3 Å². The van der Waals surface area contributed by atoms with Crippen molar-refractivity contribution in [2.24, 2.45) is 0 Å². The molecule has 1 atom stereocenters. The first-order valence-corrected chi connectivity index (χ1v) is 8.29. The first-order chi connectivity index (χ1) is 11.3. The summed E-state index contributed by atoms with van der Waals surface area (Å²) in [5.41, 5.74) is 8.15. The third kappa shape index (κ3) is 2.76. The zero-order valence-corrected chi connectivity index (χ0v) is 13.1. The molecule has 120 valence electrons. The Morgan fingerprint density at radius 3 is 2.61 bits per heavy atom. The Morgan fingerprint density at radius 2 is 1.83 bits per heavy atom. The smallest absolute Gasteiger partial charge is 0.224 e. The van der Waals surface area contributed by atoms with Gasteiger partial charge in [-0.3, -0.25) is 0 Å². The van der Waals surface area contributed by atoms with Crippen LogP contribution in [0.3, 0.4) is 0 Å². The Hall–Kier alpha value is -2.50. The number of hydrogen-bond donors (Lipinski definition) is 3. The number of fused-ring (bicyclic) bond motifs is 1. The van der Waals surface area contributed by atoms with Crippen LogP contribution >= 0.6 is 0 Å². The van der Waals surface area contributed by atoms with Crippen LogP contribution < -0.4 is 21.3 Å². The van der Waals surface area contributed by atoms with E-state index in [1.807, 2.05) is 6.07 Å². The van der Waals surface area contributed by atoms with Gasteiger partial charge in [0.25, 0.3) is 0 Å². The van der Waals surface area contributed by atoms with Gasteiger partial charge in [-0.25, -0.2) is 0 Å². The van der Waals surface area contributed by atoms with Gasteiger partial charge in [0.2, 0.25) is 5.95 Å². The molecule has 1 fully saturated rings. The molecule has 0 bridgehead atoms. The van der Waals surface area contributed by atoms with Gasteiger partial charge in [0.15, 0.2) is 11.6 Å². The van der Waals surface area contributed by atoms with Crippen LogP contribution in [0.25, 0.3) is 0 Å². The van der Waals surface area contributed by atoms with E-state index in [-0.39, 0.29) is 6.04 Å². The van der Waals surface area contributed by atoms with E-state index < -0.39 is 0 Å². The van der Waals surface area contributed by atoms with Crippen molar-refractivity contribution in [3.05, 3.63) is 35.9 Å². The second-order valence-electron chi connectivity index (χ2n) is 6.17. The number of nitrogen functional groups attached to an aromatic ring is 1. The minimum absolute atomic E-state index is 0.208.